The molecule has 3 aromatic heterocycles. The van der Waals surface area contributed by atoms with Gasteiger partial charge in [0, 0.05) is 65.7 Å². The zero-order chi connectivity index (χ0) is 26.6. The number of rotatable bonds is 7. The molecule has 1 aliphatic carbocycles. The number of thiophene rings is 1. The van der Waals surface area contributed by atoms with Gasteiger partial charge >= 0.3 is 5.69 Å². The molecule has 2 aliphatic rings. The number of hydrogen-bond donors (Lipinski definition) is 1. The molecule has 1 aliphatic heterocycles. The Labute approximate surface area is 228 Å². The normalized spacial score (nSPS) is 21.0. The van der Waals surface area contributed by atoms with Gasteiger partial charge in [0.1, 0.15) is 11.9 Å². The number of piperidine rings is 1. The second-order valence-electron chi connectivity index (χ2n) is 10.3. The van der Waals surface area contributed by atoms with Crippen molar-refractivity contribution in [1.29, 1.82) is 0 Å². The third kappa shape index (κ3) is 4.47. The number of ether oxygens (including phenoxy) is 1. The number of hydrogen-bond acceptors (Lipinski definition) is 7. The number of aliphatic hydroxyl groups is 1. The number of fused-ring (bicyclic) bond motifs is 3. The maximum absolute atomic E-state index is 12.6. The van der Waals surface area contributed by atoms with E-state index in [0.717, 1.165) is 56.9 Å². The van der Waals surface area contributed by atoms with Crippen LogP contribution in [0.25, 0.3) is 21.3 Å². The van der Waals surface area contributed by atoms with Crippen molar-refractivity contribution in [1.82, 2.24) is 19.0 Å². The van der Waals surface area contributed by atoms with Crippen LogP contribution in [0.15, 0.2) is 52.3 Å². The van der Waals surface area contributed by atoms with Crippen molar-refractivity contribution >= 4 is 33.2 Å². The van der Waals surface area contributed by atoms with Gasteiger partial charge in [0.2, 0.25) is 0 Å². The first-order valence-electron chi connectivity index (χ1n) is 12.8. The van der Waals surface area contributed by atoms with E-state index in [9.17, 15) is 14.7 Å². The molecule has 4 heterocycles. The molecule has 1 aromatic carbocycles. The molecule has 4 aromatic rings. The summed E-state index contributed by atoms with van der Waals surface area (Å²) < 4.78 is 10.3. The molecule has 0 spiro atoms. The summed E-state index contributed by atoms with van der Waals surface area (Å²) in [4.78, 5) is 32.7. The van der Waals surface area contributed by atoms with E-state index in [-0.39, 0.29) is 30.5 Å². The summed E-state index contributed by atoms with van der Waals surface area (Å²) >= 11 is 8.06. The molecule has 2 fully saturated rings. The van der Waals surface area contributed by atoms with Crippen LogP contribution in [0.5, 0.6) is 5.75 Å². The lowest BCUT2D eigenvalue weighted by molar-refractivity contribution is 0.0634. The van der Waals surface area contributed by atoms with Crippen molar-refractivity contribution in [3.63, 3.8) is 0 Å². The van der Waals surface area contributed by atoms with E-state index in [0.29, 0.717) is 23.5 Å². The molecule has 1 N–H and O–H groups in total. The fourth-order valence-corrected chi connectivity index (χ4v) is 7.42. The van der Waals surface area contributed by atoms with Gasteiger partial charge in [0.25, 0.3) is 5.56 Å². The molecule has 2 bridgehead atoms. The number of aliphatic hydroxyl groups excluding tert-OH is 1. The Morgan fingerprint density at radius 1 is 1.18 bits per heavy atom. The highest BCUT2D eigenvalue weighted by atomic mass is 35.5. The van der Waals surface area contributed by atoms with Crippen LogP contribution in [0.4, 0.5) is 0 Å². The molecule has 10 heteroatoms. The monoisotopic (exact) mass is 552 g/mol. The summed E-state index contributed by atoms with van der Waals surface area (Å²) in [6.07, 6.45) is 5.40. The van der Waals surface area contributed by atoms with Gasteiger partial charge in [-0.25, -0.2) is 4.79 Å². The fourth-order valence-electron chi connectivity index (χ4n) is 6.02. The summed E-state index contributed by atoms with van der Waals surface area (Å²) in [7, 11) is 1.63. The van der Waals surface area contributed by atoms with E-state index in [2.05, 4.69) is 9.88 Å². The van der Waals surface area contributed by atoms with Gasteiger partial charge in [-0.05, 0) is 55.5 Å². The summed E-state index contributed by atoms with van der Waals surface area (Å²) in [6.45, 7) is 4.03. The molecule has 198 valence electrons. The third-order valence-corrected chi connectivity index (χ3v) is 9.09. The average Bonchev–Trinajstić information content (AvgIpc) is 3.59. The first kappa shape index (κ1) is 25.3. The van der Waals surface area contributed by atoms with E-state index in [1.165, 1.54) is 32.7 Å². The zero-order valence-corrected chi connectivity index (χ0v) is 22.8. The van der Waals surface area contributed by atoms with Crippen LogP contribution in [0.3, 0.4) is 0 Å². The van der Waals surface area contributed by atoms with E-state index in [4.69, 9.17) is 16.3 Å². The minimum absolute atomic E-state index is 0.0521. The molecule has 0 radical (unpaired) electrons. The van der Waals surface area contributed by atoms with Gasteiger partial charge < -0.3 is 14.4 Å². The van der Waals surface area contributed by atoms with E-state index in [1.54, 1.807) is 13.2 Å². The zero-order valence-electron chi connectivity index (χ0n) is 21.3. The molecule has 1 saturated carbocycles. The molecule has 8 nitrogen and oxygen atoms in total. The summed E-state index contributed by atoms with van der Waals surface area (Å²) in [6, 6.07) is 9.46. The minimum atomic E-state index is -0.356. The van der Waals surface area contributed by atoms with Crippen LogP contribution < -0.4 is 16.0 Å². The predicted molar refractivity (Wildman–Crippen MR) is 149 cm³/mol. The molecule has 1 saturated heterocycles. The van der Waals surface area contributed by atoms with Crippen molar-refractivity contribution in [2.24, 2.45) is 13.0 Å². The maximum atomic E-state index is 12.6. The first-order chi connectivity index (χ1) is 18.3. The van der Waals surface area contributed by atoms with Gasteiger partial charge in [0.05, 0.1) is 23.4 Å². The largest absolute Gasteiger partial charge is 0.488 e. The Kier molecular flexibility index (Phi) is 6.63. The van der Waals surface area contributed by atoms with E-state index in [1.807, 2.05) is 31.2 Å². The number of likely N-dealkylation sites (tertiary alicyclic amines) is 1. The predicted octanol–water partition coefficient (Wildman–Crippen LogP) is 3.67. The van der Waals surface area contributed by atoms with Crippen molar-refractivity contribution < 1.29 is 9.84 Å². The number of nitrogens with zero attached hydrogens (tertiary/aromatic N) is 4. The Morgan fingerprint density at radius 3 is 2.82 bits per heavy atom. The van der Waals surface area contributed by atoms with Gasteiger partial charge in [0.15, 0.2) is 0 Å². The lowest BCUT2D eigenvalue weighted by Gasteiger charge is -2.33. The van der Waals surface area contributed by atoms with Crippen LogP contribution in [-0.4, -0.2) is 56.0 Å². The smallest absolute Gasteiger partial charge is 0.331 e. The van der Waals surface area contributed by atoms with Crippen LogP contribution in [0.1, 0.15) is 23.3 Å². The van der Waals surface area contributed by atoms with Crippen LogP contribution in [0.2, 0.25) is 5.02 Å². The highest BCUT2D eigenvalue weighted by molar-refractivity contribution is 7.19. The third-order valence-electron chi connectivity index (χ3n) is 7.73. The van der Waals surface area contributed by atoms with Crippen LogP contribution in [-0.2, 0) is 13.6 Å². The number of aryl methyl sites for hydroxylation is 2. The second-order valence-corrected chi connectivity index (χ2v) is 11.9. The van der Waals surface area contributed by atoms with Crippen LogP contribution in [0, 0.1) is 12.8 Å². The van der Waals surface area contributed by atoms with Gasteiger partial charge in [-0.15, -0.1) is 11.3 Å². The molecule has 0 amide bonds. The lowest BCUT2D eigenvalue weighted by atomic mass is 10.0. The van der Waals surface area contributed by atoms with Crippen molar-refractivity contribution in [3.8, 4) is 16.9 Å². The highest BCUT2D eigenvalue weighted by Crippen LogP contribution is 2.45. The number of halogens is 1. The highest BCUT2D eigenvalue weighted by Gasteiger charge is 2.46. The summed E-state index contributed by atoms with van der Waals surface area (Å²) in [5, 5.41) is 10.1. The minimum Gasteiger partial charge on any atom is -0.488 e. The van der Waals surface area contributed by atoms with Gasteiger partial charge in [-0.1, -0.05) is 11.6 Å². The first-order valence-corrected chi connectivity index (χ1v) is 14.0. The van der Waals surface area contributed by atoms with Gasteiger partial charge in [-0.2, -0.15) is 0 Å². The summed E-state index contributed by atoms with van der Waals surface area (Å²) in [5.74, 6) is 1.40. The number of β-amino-alcohol motifs (C(OH)–C–C–N with tert-alkyl or cyclic N) is 1. The number of pyridine rings is 1. The van der Waals surface area contributed by atoms with Crippen molar-refractivity contribution in [3.05, 3.63) is 79.0 Å². The lowest BCUT2D eigenvalue weighted by Crippen LogP contribution is -2.45. The molecule has 6 rings (SSSR count). The average molecular weight is 553 g/mol. The fraction of sp³-hybridized carbons (Fsp3) is 0.393. The van der Waals surface area contributed by atoms with E-state index >= 15 is 0 Å². The molecular weight excluding hydrogens is 524 g/mol. The maximum Gasteiger partial charge on any atom is 0.331 e. The van der Waals surface area contributed by atoms with Gasteiger partial charge in [-0.3, -0.25) is 19.2 Å². The molecular formula is C28H29ClN4O4S. The Morgan fingerprint density at radius 2 is 2.03 bits per heavy atom. The number of benzene rings is 1. The molecule has 3 unspecified atom stereocenters. The van der Waals surface area contributed by atoms with Crippen molar-refractivity contribution in [2.75, 3.05) is 19.7 Å². The number of aromatic nitrogens is 3. The molecule has 38 heavy (non-hydrogen) atoms. The Balaban J connectivity index is 1.39. The van der Waals surface area contributed by atoms with E-state index < -0.39 is 0 Å². The Hall–Kier alpha value is -2.98. The topological polar surface area (TPSA) is 89.6 Å². The van der Waals surface area contributed by atoms with Crippen molar-refractivity contribution in [2.45, 2.75) is 38.5 Å². The summed E-state index contributed by atoms with van der Waals surface area (Å²) in [5.41, 5.74) is 2.92. The standard InChI is InChI=1S/C28H29ClN4O4S/c1-16-9-18(29)12-21(26(16)37-24-11-17-10-23(24)32(14-17)7-8-34)20-3-5-30-22-13-19(38-27(20)22)15-33-25(35)4-6-31(2)28(33)36/h3-6,9,12-13,17,23-24,34H,7-8,10-11,14-15H2,1-2H3. The van der Waals surface area contributed by atoms with Crippen LogP contribution >= 0.6 is 22.9 Å². The Bertz CT molecular complexity index is 1640. The quantitative estimate of drug-likeness (QED) is 0.376. The SMILES string of the molecule is Cc1cc(Cl)cc(-c2ccnc3cc(Cn4c(=O)ccn(C)c4=O)sc23)c1OC1CC2CC1N(CCO)C2. The molecule has 3 atom stereocenters. The second kappa shape index (κ2) is 9.96.